The van der Waals surface area contributed by atoms with Gasteiger partial charge in [-0.3, -0.25) is 24.0 Å². The molecule has 5 N–H and O–H groups in total. The van der Waals surface area contributed by atoms with Gasteiger partial charge in [-0.1, -0.05) is 20.8 Å². The summed E-state index contributed by atoms with van der Waals surface area (Å²) >= 11 is 0.470. The summed E-state index contributed by atoms with van der Waals surface area (Å²) in [5, 5.41) is 8.87. The van der Waals surface area contributed by atoms with Crippen molar-refractivity contribution < 1.29 is 69.3 Å². The summed E-state index contributed by atoms with van der Waals surface area (Å²) in [6, 6.07) is 5.38. The van der Waals surface area contributed by atoms with Crippen LogP contribution in [-0.4, -0.2) is 137 Å². The van der Waals surface area contributed by atoms with Crippen LogP contribution in [0.1, 0.15) is 112 Å². The maximum atomic E-state index is 13.1. The number of aromatic amines is 1. The Morgan fingerprint density at radius 2 is 1.56 bits per heavy atom. The minimum atomic E-state index is -4.61. The molecule has 2 aromatic heterocycles. The Morgan fingerprint density at radius 3 is 2.21 bits per heavy atom. The Labute approximate surface area is 416 Å². The first kappa shape index (κ1) is 55.9. The number of esters is 4. The zero-order valence-corrected chi connectivity index (χ0v) is 43.5. The standard InChI is InChI=1S/C46H61N7O15S3/c1-10-47-36-24-52(9)71(63,64)46-33(36)23-39(69-46)70(61,62)51-41(56)27(6)66-45(60)29(8)67-44(59)28(7)65-37(54)15-13-14-16-38(55)68-30-17-18-34-31(21-30)32(42(57)50-34)22-35-25(4)40(26(5)49-35)43(58)48-19-20-53(11-2)12-3/h17-18,21-23,27-29,36,47,49H,10-16,19-20,24H2,1-9H3,(H,48,58)(H,50,57)(H,51,56)/b32-22-/t27?,28?,29?,36-/m1/s1. The highest BCUT2D eigenvalue weighted by Crippen LogP contribution is 2.40. The molecule has 22 nitrogen and oxygen atoms in total. The third kappa shape index (κ3) is 13.7. The molecule has 0 bridgehead atoms. The molecule has 0 fully saturated rings. The topological polar surface area (TPSA) is 295 Å². The molecule has 388 valence electrons. The van der Waals surface area contributed by atoms with Gasteiger partial charge in [-0.05, 0) is 103 Å². The number of benzene rings is 1. The second-order valence-corrected chi connectivity index (χ2v) is 22.0. The number of thiophene rings is 1. The monoisotopic (exact) mass is 1050 g/mol. The summed E-state index contributed by atoms with van der Waals surface area (Å²) in [6.45, 7) is 16.4. The summed E-state index contributed by atoms with van der Waals surface area (Å²) in [5.41, 5.74) is 3.94. The number of nitrogens with zero attached hydrogens (tertiary/aromatic N) is 2. The molecule has 0 aliphatic carbocycles. The summed E-state index contributed by atoms with van der Waals surface area (Å²) in [5.74, 6) is -5.43. The Balaban J connectivity index is 1.04. The summed E-state index contributed by atoms with van der Waals surface area (Å²) in [6.07, 6.45) is -3.03. The largest absolute Gasteiger partial charge is 0.451 e. The van der Waals surface area contributed by atoms with Gasteiger partial charge in [-0.15, -0.1) is 11.3 Å². The highest BCUT2D eigenvalue weighted by molar-refractivity contribution is 7.94. The van der Waals surface area contributed by atoms with Crippen molar-refractivity contribution in [2.24, 2.45) is 0 Å². The number of sulfonamides is 2. The van der Waals surface area contributed by atoms with Gasteiger partial charge in [0.1, 0.15) is 14.2 Å². The quantitative estimate of drug-likeness (QED) is 0.0299. The zero-order chi connectivity index (χ0) is 52.5. The number of likely N-dealkylation sites (N-methyl/N-ethyl adjacent to an activating group) is 3. The average molecular weight is 1050 g/mol. The molecule has 3 unspecified atom stereocenters. The molecule has 4 atom stereocenters. The van der Waals surface area contributed by atoms with Crippen LogP contribution in [0.5, 0.6) is 5.75 Å². The second kappa shape index (κ2) is 24.0. The SMILES string of the molecule is CCN[C@@H]1CN(C)S(=O)(=O)c2sc(S(=O)(=O)NC(=O)C(C)OC(=O)C(C)OC(=O)C(C)OC(=O)CCCCC(=O)Oc3ccc4c(c3)/C(=C/c3[nH]c(C)c(C(=O)NCCN(CC)CC)c3C)C(=O)N4)cc21. The van der Waals surface area contributed by atoms with E-state index in [0.717, 1.165) is 31.2 Å². The predicted molar refractivity (Wildman–Crippen MR) is 260 cm³/mol. The molecule has 5 rings (SSSR count). The molecule has 1 aromatic carbocycles. The van der Waals surface area contributed by atoms with E-state index in [1.165, 1.54) is 26.1 Å². The number of aryl methyl sites for hydroxylation is 1. The van der Waals surface area contributed by atoms with Gasteiger partial charge in [0.15, 0.2) is 18.3 Å². The van der Waals surface area contributed by atoms with Gasteiger partial charge in [-0.25, -0.2) is 31.1 Å². The number of nitrogens with one attached hydrogen (secondary N) is 5. The lowest BCUT2D eigenvalue weighted by atomic mass is 10.0. The highest BCUT2D eigenvalue weighted by Gasteiger charge is 2.39. The van der Waals surface area contributed by atoms with E-state index in [9.17, 15) is 50.4 Å². The number of H-pyrrole nitrogens is 1. The second-order valence-electron chi connectivity index (χ2n) is 16.8. The van der Waals surface area contributed by atoms with Crippen molar-refractivity contribution in [3.8, 4) is 5.75 Å². The first-order chi connectivity index (χ1) is 33.4. The third-order valence-electron chi connectivity index (χ3n) is 11.7. The number of ether oxygens (including phenoxy) is 4. The molecular formula is C46H61N7O15S3. The van der Waals surface area contributed by atoms with Crippen LogP contribution in [-0.2, 0) is 63.0 Å². The van der Waals surface area contributed by atoms with E-state index >= 15 is 0 Å². The summed E-state index contributed by atoms with van der Waals surface area (Å²) < 4.78 is 75.1. The minimum absolute atomic E-state index is 0.0633. The van der Waals surface area contributed by atoms with Crippen molar-refractivity contribution >= 4 is 90.3 Å². The van der Waals surface area contributed by atoms with Crippen molar-refractivity contribution in [3.05, 3.63) is 57.9 Å². The Kier molecular flexibility index (Phi) is 18.9. The number of carbonyl (C=O) groups is 7. The molecule has 2 aliphatic heterocycles. The Bertz CT molecular complexity index is 2800. The van der Waals surface area contributed by atoms with E-state index in [4.69, 9.17) is 18.9 Å². The van der Waals surface area contributed by atoms with Crippen molar-refractivity contribution in [3.63, 3.8) is 0 Å². The first-order valence-electron chi connectivity index (χ1n) is 23.0. The molecule has 3 amide bonds. The zero-order valence-electron chi connectivity index (χ0n) is 41.0. The highest BCUT2D eigenvalue weighted by atomic mass is 32.3. The van der Waals surface area contributed by atoms with Crippen LogP contribution < -0.4 is 25.4 Å². The Hall–Kier alpha value is -5.99. The van der Waals surface area contributed by atoms with Crippen LogP contribution in [0.25, 0.3) is 11.6 Å². The molecule has 0 radical (unpaired) electrons. The number of aromatic nitrogens is 1. The number of hydrogen-bond acceptors (Lipinski definition) is 18. The third-order valence-corrected chi connectivity index (χ3v) is 17.0. The lowest BCUT2D eigenvalue weighted by Crippen LogP contribution is -2.41. The fraction of sp³-hybridized carbons (Fsp3) is 0.500. The fourth-order valence-corrected chi connectivity index (χ4v) is 12.3. The number of anilines is 1. The van der Waals surface area contributed by atoms with E-state index in [0.29, 0.717) is 70.3 Å². The molecule has 71 heavy (non-hydrogen) atoms. The molecule has 0 saturated heterocycles. The number of amides is 3. The van der Waals surface area contributed by atoms with Gasteiger partial charge >= 0.3 is 23.9 Å². The fourth-order valence-electron chi connectivity index (χ4n) is 7.62. The van der Waals surface area contributed by atoms with Gasteiger partial charge in [0.25, 0.3) is 37.8 Å². The van der Waals surface area contributed by atoms with Crippen LogP contribution in [0, 0.1) is 13.8 Å². The predicted octanol–water partition coefficient (Wildman–Crippen LogP) is 3.31. The molecule has 3 aromatic rings. The normalized spacial score (nSPS) is 17.1. The minimum Gasteiger partial charge on any atom is -0.451 e. The van der Waals surface area contributed by atoms with Crippen LogP contribution in [0.15, 0.2) is 32.7 Å². The molecule has 2 aliphatic rings. The van der Waals surface area contributed by atoms with Crippen molar-refractivity contribution in [2.75, 3.05) is 51.6 Å². The first-order valence-corrected chi connectivity index (χ1v) is 26.7. The van der Waals surface area contributed by atoms with Crippen molar-refractivity contribution in [1.82, 2.24) is 29.5 Å². The smallest absolute Gasteiger partial charge is 0.347 e. The van der Waals surface area contributed by atoms with Crippen LogP contribution in [0.2, 0.25) is 0 Å². The molecule has 0 spiro atoms. The van der Waals surface area contributed by atoms with Crippen LogP contribution >= 0.6 is 11.3 Å². The number of rotatable bonds is 23. The van der Waals surface area contributed by atoms with Crippen LogP contribution in [0.3, 0.4) is 0 Å². The van der Waals surface area contributed by atoms with E-state index < -0.39 is 78.4 Å². The Morgan fingerprint density at radius 1 is 0.930 bits per heavy atom. The average Bonchev–Trinajstić information content (AvgIpc) is 3.99. The van der Waals surface area contributed by atoms with Gasteiger partial charge < -0.3 is 44.8 Å². The van der Waals surface area contributed by atoms with Gasteiger partial charge in [0.05, 0.1) is 11.1 Å². The maximum Gasteiger partial charge on any atom is 0.347 e. The lowest BCUT2D eigenvalue weighted by Gasteiger charge is -2.29. The number of hydrogen-bond donors (Lipinski definition) is 5. The number of fused-ring (bicyclic) bond motifs is 2. The summed E-state index contributed by atoms with van der Waals surface area (Å²) in [4.78, 5) is 95.1. The van der Waals surface area contributed by atoms with Gasteiger partial charge in [-0.2, -0.15) is 4.31 Å². The van der Waals surface area contributed by atoms with Crippen LogP contribution in [0.4, 0.5) is 5.69 Å². The number of unbranched alkanes of at least 4 members (excludes halogenated alkanes) is 1. The van der Waals surface area contributed by atoms with Crippen molar-refractivity contribution in [1.29, 1.82) is 0 Å². The van der Waals surface area contributed by atoms with Crippen molar-refractivity contribution in [2.45, 2.75) is 114 Å². The van der Waals surface area contributed by atoms with Gasteiger partial charge in [0.2, 0.25) is 0 Å². The lowest BCUT2D eigenvalue weighted by molar-refractivity contribution is -0.179. The molecule has 25 heteroatoms. The molecule has 0 saturated carbocycles. The van der Waals surface area contributed by atoms with E-state index in [-0.39, 0.29) is 59.6 Å². The molecule has 4 heterocycles. The maximum absolute atomic E-state index is 13.1. The summed E-state index contributed by atoms with van der Waals surface area (Å²) in [7, 11) is -7.22. The number of carbonyl (C=O) groups excluding carboxylic acids is 7. The molecular weight excluding hydrogens is 987 g/mol. The van der Waals surface area contributed by atoms with E-state index in [1.54, 1.807) is 43.7 Å². The van der Waals surface area contributed by atoms with Gasteiger partial charge in [0, 0.05) is 73.8 Å². The van der Waals surface area contributed by atoms with E-state index in [2.05, 4.69) is 39.7 Å². The van der Waals surface area contributed by atoms with E-state index in [1.807, 2.05) is 0 Å².